The van der Waals surface area contributed by atoms with Crippen molar-refractivity contribution < 1.29 is 4.39 Å². The number of halogens is 1. The number of nitrogens with one attached hydrogen (secondary N) is 1. The highest BCUT2D eigenvalue weighted by atomic mass is 19.1. The molecule has 3 fully saturated rings. The normalized spacial score (nSPS) is 46.1. The van der Waals surface area contributed by atoms with Gasteiger partial charge in [-0.15, -0.1) is 0 Å². The molecule has 0 amide bonds. The molecule has 3 aliphatic heterocycles. The molecule has 3 heterocycles. The summed E-state index contributed by atoms with van der Waals surface area (Å²) in [7, 11) is 2.17. The Bertz CT molecular complexity index is 250. The van der Waals surface area contributed by atoms with Crippen molar-refractivity contribution in [2.45, 2.75) is 50.4 Å². The smallest absolute Gasteiger partial charge is 0.106 e. The summed E-state index contributed by atoms with van der Waals surface area (Å²) in [5.41, 5.74) is 0. The first-order chi connectivity index (χ1) is 7.74. The second-order valence-electron chi connectivity index (χ2n) is 6.02. The maximum atomic E-state index is 14.2. The Morgan fingerprint density at radius 3 is 2.62 bits per heavy atom. The molecule has 16 heavy (non-hydrogen) atoms. The fraction of sp³-hybridized carbons (Fsp3) is 1.00. The number of rotatable bonds is 1. The van der Waals surface area contributed by atoms with Gasteiger partial charge in [0.15, 0.2) is 0 Å². The van der Waals surface area contributed by atoms with Crippen molar-refractivity contribution in [1.82, 2.24) is 10.2 Å². The average Bonchev–Trinajstić information content (AvgIpc) is 2.64. The van der Waals surface area contributed by atoms with Crippen LogP contribution in [0.3, 0.4) is 0 Å². The lowest BCUT2D eigenvalue weighted by atomic mass is 9.75. The highest BCUT2D eigenvalue weighted by Gasteiger charge is 2.45. The van der Waals surface area contributed by atoms with Crippen LogP contribution in [0.4, 0.5) is 4.39 Å². The number of hydrogen-bond acceptors (Lipinski definition) is 2. The largest absolute Gasteiger partial charge is 0.311 e. The van der Waals surface area contributed by atoms with Gasteiger partial charge in [0.2, 0.25) is 0 Å². The van der Waals surface area contributed by atoms with Gasteiger partial charge in [-0.2, -0.15) is 0 Å². The monoisotopic (exact) mass is 226 g/mol. The molecule has 0 spiro atoms. The van der Waals surface area contributed by atoms with Gasteiger partial charge >= 0.3 is 0 Å². The van der Waals surface area contributed by atoms with Crippen LogP contribution in [0, 0.1) is 11.8 Å². The van der Waals surface area contributed by atoms with Crippen molar-refractivity contribution in [2.24, 2.45) is 11.8 Å². The van der Waals surface area contributed by atoms with Crippen LogP contribution < -0.4 is 5.32 Å². The Morgan fingerprint density at radius 1 is 1.12 bits per heavy atom. The Morgan fingerprint density at radius 2 is 1.88 bits per heavy atom. The third-order valence-electron chi connectivity index (χ3n) is 4.98. The fourth-order valence-corrected chi connectivity index (χ4v) is 4.06. The van der Waals surface area contributed by atoms with E-state index >= 15 is 0 Å². The quantitative estimate of drug-likeness (QED) is 0.733. The van der Waals surface area contributed by atoms with Crippen LogP contribution in [-0.2, 0) is 0 Å². The zero-order valence-corrected chi connectivity index (χ0v) is 10.2. The van der Waals surface area contributed by atoms with Crippen molar-refractivity contribution in [2.75, 3.05) is 20.1 Å². The SMILES string of the molecule is CN1CCC(C2C(F)CC3CCC2N3)CC1. The number of piperidine rings is 2. The van der Waals surface area contributed by atoms with E-state index in [1.165, 1.54) is 25.7 Å². The fourth-order valence-electron chi connectivity index (χ4n) is 4.06. The summed E-state index contributed by atoms with van der Waals surface area (Å²) in [4.78, 5) is 2.37. The Hall–Kier alpha value is -0.150. The summed E-state index contributed by atoms with van der Waals surface area (Å²) in [6, 6.07) is 0.977. The maximum Gasteiger partial charge on any atom is 0.106 e. The van der Waals surface area contributed by atoms with Crippen molar-refractivity contribution in [1.29, 1.82) is 0 Å². The second-order valence-corrected chi connectivity index (χ2v) is 6.02. The van der Waals surface area contributed by atoms with Gasteiger partial charge in [0.05, 0.1) is 0 Å². The molecule has 2 bridgehead atoms. The van der Waals surface area contributed by atoms with Crippen LogP contribution in [0.2, 0.25) is 0 Å². The molecule has 0 aliphatic carbocycles. The molecule has 2 nitrogen and oxygen atoms in total. The van der Waals surface area contributed by atoms with Crippen molar-refractivity contribution in [3.63, 3.8) is 0 Å². The number of hydrogen-bond donors (Lipinski definition) is 1. The van der Waals surface area contributed by atoms with E-state index in [4.69, 9.17) is 0 Å². The van der Waals surface area contributed by atoms with Gasteiger partial charge in [-0.1, -0.05) is 0 Å². The lowest BCUT2D eigenvalue weighted by Gasteiger charge is -2.41. The van der Waals surface area contributed by atoms with Gasteiger partial charge in [0, 0.05) is 18.0 Å². The Kier molecular flexibility index (Phi) is 2.92. The molecule has 3 heteroatoms. The molecule has 0 saturated carbocycles. The molecule has 92 valence electrons. The van der Waals surface area contributed by atoms with Gasteiger partial charge in [0.1, 0.15) is 6.17 Å². The van der Waals surface area contributed by atoms with Gasteiger partial charge in [0.25, 0.3) is 0 Å². The zero-order chi connectivity index (χ0) is 11.1. The number of nitrogens with zero attached hydrogens (tertiary/aromatic N) is 1. The molecule has 3 saturated heterocycles. The minimum atomic E-state index is -0.535. The lowest BCUT2D eigenvalue weighted by molar-refractivity contribution is 0.0554. The summed E-state index contributed by atoms with van der Waals surface area (Å²) in [5.74, 6) is 0.940. The van der Waals surface area contributed by atoms with E-state index in [0.717, 1.165) is 19.5 Å². The van der Waals surface area contributed by atoms with Gasteiger partial charge in [-0.05, 0) is 58.2 Å². The molecule has 4 unspecified atom stereocenters. The van der Waals surface area contributed by atoms with E-state index in [2.05, 4.69) is 17.3 Å². The summed E-state index contributed by atoms with van der Waals surface area (Å²) in [6.45, 7) is 2.31. The van der Waals surface area contributed by atoms with Crippen LogP contribution in [0.15, 0.2) is 0 Å². The summed E-state index contributed by atoms with van der Waals surface area (Å²) in [5, 5.41) is 3.63. The molecule has 0 radical (unpaired) electrons. The molecule has 3 rings (SSSR count). The van der Waals surface area contributed by atoms with E-state index in [9.17, 15) is 4.39 Å². The first-order valence-corrected chi connectivity index (χ1v) is 6.82. The van der Waals surface area contributed by atoms with Gasteiger partial charge < -0.3 is 10.2 Å². The molecule has 0 aromatic heterocycles. The molecule has 0 aromatic carbocycles. The van der Waals surface area contributed by atoms with Crippen molar-refractivity contribution in [3.8, 4) is 0 Å². The van der Waals surface area contributed by atoms with Crippen LogP contribution in [-0.4, -0.2) is 43.3 Å². The van der Waals surface area contributed by atoms with Crippen molar-refractivity contribution >= 4 is 0 Å². The second kappa shape index (κ2) is 4.26. The van der Waals surface area contributed by atoms with E-state index in [-0.39, 0.29) is 0 Å². The number of likely N-dealkylation sites (tertiary alicyclic amines) is 1. The van der Waals surface area contributed by atoms with E-state index < -0.39 is 6.17 Å². The first kappa shape index (κ1) is 11.0. The Balaban J connectivity index is 1.68. The molecular weight excluding hydrogens is 203 g/mol. The maximum absolute atomic E-state index is 14.2. The summed E-state index contributed by atoms with van der Waals surface area (Å²) in [6.07, 6.45) is 5.05. The number of fused-ring (bicyclic) bond motifs is 2. The summed E-state index contributed by atoms with van der Waals surface area (Å²) < 4.78 is 14.2. The third-order valence-corrected chi connectivity index (χ3v) is 4.98. The minimum Gasteiger partial charge on any atom is -0.311 e. The zero-order valence-electron chi connectivity index (χ0n) is 10.2. The van der Waals surface area contributed by atoms with Crippen LogP contribution >= 0.6 is 0 Å². The van der Waals surface area contributed by atoms with E-state index in [1.54, 1.807) is 0 Å². The summed E-state index contributed by atoms with van der Waals surface area (Å²) >= 11 is 0. The van der Waals surface area contributed by atoms with E-state index in [0.29, 0.717) is 23.9 Å². The highest BCUT2D eigenvalue weighted by molar-refractivity contribution is 5.00. The first-order valence-electron chi connectivity index (χ1n) is 6.82. The third kappa shape index (κ3) is 1.88. The number of alkyl halides is 1. The standard InChI is InChI=1S/C13H23FN2/c1-16-6-4-9(5-7-16)13-11(14)8-10-2-3-12(13)15-10/h9-13,15H,2-8H2,1H3. The van der Waals surface area contributed by atoms with Crippen LogP contribution in [0.25, 0.3) is 0 Å². The van der Waals surface area contributed by atoms with Gasteiger partial charge in [-0.25, -0.2) is 4.39 Å². The predicted molar refractivity (Wildman–Crippen MR) is 63.2 cm³/mol. The van der Waals surface area contributed by atoms with Crippen LogP contribution in [0.1, 0.15) is 32.1 Å². The average molecular weight is 226 g/mol. The van der Waals surface area contributed by atoms with E-state index in [1.807, 2.05) is 0 Å². The van der Waals surface area contributed by atoms with Crippen molar-refractivity contribution in [3.05, 3.63) is 0 Å². The van der Waals surface area contributed by atoms with Crippen LogP contribution in [0.5, 0.6) is 0 Å². The highest BCUT2D eigenvalue weighted by Crippen LogP contribution is 2.40. The molecular formula is C13H23FN2. The Labute approximate surface area is 97.6 Å². The topological polar surface area (TPSA) is 15.3 Å². The lowest BCUT2D eigenvalue weighted by Crippen LogP contribution is -2.51. The molecule has 1 N–H and O–H groups in total. The minimum absolute atomic E-state index is 0.312. The molecule has 4 atom stereocenters. The predicted octanol–water partition coefficient (Wildman–Crippen LogP) is 1.81. The molecule has 0 aromatic rings. The molecule has 3 aliphatic rings. The van der Waals surface area contributed by atoms with Gasteiger partial charge in [-0.3, -0.25) is 0 Å².